The van der Waals surface area contributed by atoms with E-state index in [-0.39, 0.29) is 5.41 Å². The minimum absolute atomic E-state index is 0.275. The van der Waals surface area contributed by atoms with Gasteiger partial charge in [0.15, 0.2) is 17.5 Å². The number of pyridine rings is 2. The smallest absolute Gasteiger partial charge is 0.164 e. The normalized spacial score (nSPS) is 12.6. The molecule has 3 heterocycles. The molecular weight excluding hydrogens is 625 g/mol. The van der Waals surface area contributed by atoms with Crippen LogP contribution in [0.25, 0.3) is 78.6 Å². The molecule has 6 nitrogen and oxygen atoms in total. The van der Waals surface area contributed by atoms with E-state index in [1.54, 1.807) is 6.20 Å². The van der Waals surface area contributed by atoms with Crippen molar-refractivity contribution in [2.24, 2.45) is 0 Å². The molecule has 0 N–H and O–H groups in total. The molecule has 1 aliphatic carbocycles. The third kappa shape index (κ3) is 5.24. The molecule has 0 spiro atoms. The third-order valence-corrected chi connectivity index (χ3v) is 9.84. The van der Waals surface area contributed by atoms with Crippen LogP contribution in [0.1, 0.15) is 30.5 Å². The lowest BCUT2D eigenvalue weighted by Gasteiger charge is -2.22. The number of aromatic nitrogens is 5. The molecule has 0 radical (unpaired) electrons. The standard InChI is InChI=1S/C45H30N6/c1-45(2)38-22-28(27-46)15-17-36(38)37-18-16-31(26-39(37)45)32-23-33(35-19-21-47-40-14-9-20-48-41(35)40)25-34(24-32)44-50-42(29-10-5-3-6-11-29)49-43(51-44)30-12-7-4-8-13-30/h3-26H,1-2H3. The van der Waals surface area contributed by atoms with Crippen molar-refractivity contribution in [1.29, 1.82) is 5.26 Å². The van der Waals surface area contributed by atoms with Gasteiger partial charge in [-0.05, 0) is 93.5 Å². The predicted molar refractivity (Wildman–Crippen MR) is 202 cm³/mol. The SMILES string of the molecule is CC1(C)c2cc(C#N)ccc2-c2ccc(-c3cc(-c4nc(-c5ccccc5)nc(-c5ccccc5)n4)cc(-c4ccnc5cccnc45)c3)cc21. The van der Waals surface area contributed by atoms with E-state index in [0.29, 0.717) is 23.0 Å². The molecule has 0 saturated carbocycles. The number of nitrogens with zero attached hydrogens (tertiary/aromatic N) is 6. The van der Waals surface area contributed by atoms with Crippen molar-refractivity contribution in [3.05, 3.63) is 163 Å². The Kier molecular flexibility index (Phi) is 7.08. The lowest BCUT2D eigenvalue weighted by atomic mass is 9.81. The maximum atomic E-state index is 9.65. The molecule has 8 aromatic rings. The van der Waals surface area contributed by atoms with Crippen LogP contribution in [0.2, 0.25) is 0 Å². The Labute approximate surface area is 295 Å². The first-order valence-corrected chi connectivity index (χ1v) is 16.9. The Morgan fingerprint density at radius 2 is 1.08 bits per heavy atom. The van der Waals surface area contributed by atoms with Gasteiger partial charge in [0.25, 0.3) is 0 Å². The third-order valence-electron chi connectivity index (χ3n) is 9.84. The highest BCUT2D eigenvalue weighted by Crippen LogP contribution is 2.50. The van der Waals surface area contributed by atoms with Gasteiger partial charge in [-0.2, -0.15) is 5.26 Å². The van der Waals surface area contributed by atoms with Crippen LogP contribution in [-0.4, -0.2) is 24.9 Å². The van der Waals surface area contributed by atoms with Gasteiger partial charge in [-0.15, -0.1) is 0 Å². The first-order chi connectivity index (χ1) is 25.0. The van der Waals surface area contributed by atoms with E-state index in [1.165, 1.54) is 22.3 Å². The summed E-state index contributed by atoms with van der Waals surface area (Å²) < 4.78 is 0. The van der Waals surface area contributed by atoms with Gasteiger partial charge in [0.05, 0.1) is 22.7 Å². The molecule has 5 aromatic carbocycles. The van der Waals surface area contributed by atoms with Gasteiger partial charge >= 0.3 is 0 Å². The van der Waals surface area contributed by atoms with Crippen molar-refractivity contribution in [3.63, 3.8) is 0 Å². The first-order valence-electron chi connectivity index (χ1n) is 16.9. The quantitative estimate of drug-likeness (QED) is 0.184. The Hall–Kier alpha value is -6.84. The molecule has 6 heteroatoms. The van der Waals surface area contributed by atoms with Crippen LogP contribution in [0.15, 0.2) is 146 Å². The minimum atomic E-state index is -0.275. The van der Waals surface area contributed by atoms with Gasteiger partial charge in [-0.3, -0.25) is 9.97 Å². The first kappa shape index (κ1) is 30.2. The van der Waals surface area contributed by atoms with Gasteiger partial charge in [-0.25, -0.2) is 15.0 Å². The molecule has 240 valence electrons. The fourth-order valence-electron chi connectivity index (χ4n) is 7.22. The molecule has 0 unspecified atom stereocenters. The van der Waals surface area contributed by atoms with Crippen molar-refractivity contribution in [3.8, 4) is 73.6 Å². The summed E-state index contributed by atoms with van der Waals surface area (Å²) in [6.07, 6.45) is 3.64. The van der Waals surface area contributed by atoms with Crippen LogP contribution in [0, 0.1) is 11.3 Å². The second-order valence-corrected chi connectivity index (χ2v) is 13.3. The molecule has 3 aromatic heterocycles. The van der Waals surface area contributed by atoms with E-state index >= 15 is 0 Å². The predicted octanol–water partition coefficient (Wildman–Crippen LogP) is 10.3. The highest BCUT2D eigenvalue weighted by Gasteiger charge is 2.36. The monoisotopic (exact) mass is 654 g/mol. The molecular formula is C45H30N6. The minimum Gasteiger partial charge on any atom is -0.255 e. The summed E-state index contributed by atoms with van der Waals surface area (Å²) in [4.78, 5) is 24.4. The van der Waals surface area contributed by atoms with Crippen LogP contribution < -0.4 is 0 Å². The molecule has 0 amide bonds. The molecule has 51 heavy (non-hydrogen) atoms. The average molecular weight is 655 g/mol. The van der Waals surface area contributed by atoms with Crippen LogP contribution in [0.3, 0.4) is 0 Å². The van der Waals surface area contributed by atoms with Crippen LogP contribution >= 0.6 is 0 Å². The number of hydrogen-bond acceptors (Lipinski definition) is 6. The summed E-state index contributed by atoms with van der Waals surface area (Å²) >= 11 is 0. The van der Waals surface area contributed by atoms with Gasteiger partial charge in [0.1, 0.15) is 0 Å². The lowest BCUT2D eigenvalue weighted by Crippen LogP contribution is -2.15. The zero-order valence-corrected chi connectivity index (χ0v) is 28.0. The molecule has 0 aliphatic heterocycles. The molecule has 0 saturated heterocycles. The summed E-state index contributed by atoms with van der Waals surface area (Å²) in [5.74, 6) is 1.79. The Balaban J connectivity index is 1.27. The van der Waals surface area contributed by atoms with Gasteiger partial charge in [0.2, 0.25) is 0 Å². The fourth-order valence-corrected chi connectivity index (χ4v) is 7.22. The number of hydrogen-bond donors (Lipinski definition) is 0. The highest BCUT2D eigenvalue weighted by atomic mass is 15.0. The van der Waals surface area contributed by atoms with Crippen molar-refractivity contribution in [2.75, 3.05) is 0 Å². The largest absolute Gasteiger partial charge is 0.255 e. The van der Waals surface area contributed by atoms with E-state index in [9.17, 15) is 5.26 Å². The summed E-state index contributed by atoms with van der Waals surface area (Å²) in [5.41, 5.74) is 13.6. The zero-order valence-electron chi connectivity index (χ0n) is 28.0. The van der Waals surface area contributed by atoms with Crippen molar-refractivity contribution >= 4 is 11.0 Å². The number of benzene rings is 5. The lowest BCUT2D eigenvalue weighted by molar-refractivity contribution is 0.660. The summed E-state index contributed by atoms with van der Waals surface area (Å²) in [5, 5.41) is 9.65. The molecule has 9 rings (SSSR count). The Morgan fingerprint density at radius 3 is 1.76 bits per heavy atom. The molecule has 1 aliphatic rings. The summed E-state index contributed by atoms with van der Waals surface area (Å²) in [6.45, 7) is 4.47. The second-order valence-electron chi connectivity index (χ2n) is 13.3. The van der Waals surface area contributed by atoms with Gasteiger partial charge in [-0.1, -0.05) is 92.7 Å². The number of fused-ring (bicyclic) bond motifs is 4. The van der Waals surface area contributed by atoms with E-state index in [2.05, 4.69) is 67.4 Å². The van der Waals surface area contributed by atoms with Crippen molar-refractivity contribution in [1.82, 2.24) is 24.9 Å². The van der Waals surface area contributed by atoms with E-state index in [1.807, 2.05) is 97.2 Å². The Bertz CT molecular complexity index is 2610. The molecule has 0 bridgehead atoms. The number of rotatable bonds is 5. The fraction of sp³-hybridized carbons (Fsp3) is 0.0667. The highest BCUT2D eigenvalue weighted by molar-refractivity contribution is 5.94. The molecule has 0 atom stereocenters. The van der Waals surface area contributed by atoms with Gasteiger partial charge < -0.3 is 0 Å². The maximum absolute atomic E-state index is 9.65. The van der Waals surface area contributed by atoms with Crippen molar-refractivity contribution < 1.29 is 0 Å². The summed E-state index contributed by atoms with van der Waals surface area (Å²) in [6, 6.07) is 47.5. The zero-order chi connectivity index (χ0) is 34.5. The van der Waals surface area contributed by atoms with E-state index in [4.69, 9.17) is 19.9 Å². The maximum Gasteiger partial charge on any atom is 0.164 e. The van der Waals surface area contributed by atoms with Gasteiger partial charge in [0, 0.05) is 40.1 Å². The van der Waals surface area contributed by atoms with Crippen LogP contribution in [0.5, 0.6) is 0 Å². The Morgan fingerprint density at radius 1 is 0.471 bits per heavy atom. The van der Waals surface area contributed by atoms with Crippen LogP contribution in [-0.2, 0) is 5.41 Å². The molecule has 0 fully saturated rings. The van der Waals surface area contributed by atoms with E-state index < -0.39 is 0 Å². The topological polar surface area (TPSA) is 88.2 Å². The number of nitriles is 1. The summed E-state index contributed by atoms with van der Waals surface area (Å²) in [7, 11) is 0. The van der Waals surface area contributed by atoms with Crippen LogP contribution in [0.4, 0.5) is 0 Å². The second kappa shape index (κ2) is 11.9. The average Bonchev–Trinajstić information content (AvgIpc) is 3.42. The van der Waals surface area contributed by atoms with E-state index in [0.717, 1.165) is 50.0 Å². The van der Waals surface area contributed by atoms with Crippen molar-refractivity contribution in [2.45, 2.75) is 19.3 Å².